The second-order valence-electron chi connectivity index (χ2n) is 4.12. The Morgan fingerprint density at radius 2 is 2.06 bits per heavy atom. The maximum Gasteiger partial charge on any atom is 0.314 e. The van der Waals surface area contributed by atoms with E-state index in [-0.39, 0.29) is 18.5 Å². The normalized spacial score (nSPS) is 12.1. The summed E-state index contributed by atoms with van der Waals surface area (Å²) in [6.07, 6.45) is 1.68. The van der Waals surface area contributed by atoms with E-state index in [2.05, 4.69) is 5.32 Å². The van der Waals surface area contributed by atoms with E-state index in [1.807, 2.05) is 30.3 Å². The van der Waals surface area contributed by atoms with Crippen molar-refractivity contribution in [2.45, 2.75) is 18.8 Å². The van der Waals surface area contributed by atoms with E-state index >= 15 is 0 Å². The molecule has 0 amide bonds. The van der Waals surface area contributed by atoms with Crippen molar-refractivity contribution in [3.8, 4) is 0 Å². The quantitative estimate of drug-likeness (QED) is 0.540. The first kappa shape index (κ1) is 14.7. The molecule has 0 radical (unpaired) electrons. The molecule has 0 saturated heterocycles. The smallest absolute Gasteiger partial charge is 0.314 e. The van der Waals surface area contributed by atoms with Crippen LogP contribution in [0.15, 0.2) is 30.3 Å². The molecule has 0 saturated carbocycles. The minimum Gasteiger partial charge on any atom is -0.469 e. The fraction of sp³-hybridized carbons (Fsp3) is 0.500. The summed E-state index contributed by atoms with van der Waals surface area (Å²) in [5.74, 6) is -0.499. The fourth-order valence-corrected chi connectivity index (χ4v) is 1.77. The predicted molar refractivity (Wildman–Crippen MR) is 70.4 cm³/mol. The van der Waals surface area contributed by atoms with E-state index in [1.165, 1.54) is 7.11 Å². The first-order valence-electron chi connectivity index (χ1n) is 6.24. The molecule has 4 heteroatoms. The first-order valence-corrected chi connectivity index (χ1v) is 6.24. The van der Waals surface area contributed by atoms with Crippen molar-refractivity contribution in [3.05, 3.63) is 35.9 Å². The zero-order valence-corrected chi connectivity index (χ0v) is 10.8. The number of carbonyl (C=O) groups is 1. The molecule has 0 spiro atoms. The summed E-state index contributed by atoms with van der Waals surface area (Å²) in [6, 6.07) is 9.61. The Balaban J connectivity index is 2.50. The number of aliphatic hydroxyl groups excluding tert-OH is 1. The van der Waals surface area contributed by atoms with Crippen LogP contribution in [0.2, 0.25) is 0 Å². The van der Waals surface area contributed by atoms with Crippen LogP contribution in [0.25, 0.3) is 0 Å². The average Bonchev–Trinajstić information content (AvgIpc) is 2.43. The van der Waals surface area contributed by atoms with Crippen molar-refractivity contribution in [1.82, 2.24) is 5.32 Å². The Kier molecular flexibility index (Phi) is 7.06. The third-order valence-corrected chi connectivity index (χ3v) is 2.80. The summed E-state index contributed by atoms with van der Waals surface area (Å²) in [4.78, 5) is 11.7. The SMILES string of the molecule is COC(=O)C(CNCCCCO)c1ccccc1. The van der Waals surface area contributed by atoms with Gasteiger partial charge in [-0.2, -0.15) is 0 Å². The number of benzene rings is 1. The summed E-state index contributed by atoms with van der Waals surface area (Å²) in [6.45, 7) is 1.56. The molecule has 4 nitrogen and oxygen atoms in total. The van der Waals surface area contributed by atoms with Crippen LogP contribution >= 0.6 is 0 Å². The summed E-state index contributed by atoms with van der Waals surface area (Å²) in [7, 11) is 1.41. The highest BCUT2D eigenvalue weighted by Gasteiger charge is 2.20. The molecule has 0 aliphatic heterocycles. The lowest BCUT2D eigenvalue weighted by atomic mass is 9.99. The van der Waals surface area contributed by atoms with Gasteiger partial charge in [0, 0.05) is 13.2 Å². The van der Waals surface area contributed by atoms with E-state index < -0.39 is 0 Å². The van der Waals surface area contributed by atoms with E-state index in [9.17, 15) is 4.79 Å². The van der Waals surface area contributed by atoms with Crippen LogP contribution in [0.5, 0.6) is 0 Å². The molecule has 100 valence electrons. The molecule has 1 unspecified atom stereocenters. The van der Waals surface area contributed by atoms with Crippen molar-refractivity contribution < 1.29 is 14.6 Å². The lowest BCUT2D eigenvalue weighted by Crippen LogP contribution is -2.28. The number of carbonyl (C=O) groups excluding carboxylic acids is 1. The molecule has 0 aliphatic rings. The van der Waals surface area contributed by atoms with Crippen molar-refractivity contribution >= 4 is 5.97 Å². The second-order valence-corrected chi connectivity index (χ2v) is 4.12. The predicted octanol–water partition coefficient (Wildman–Crippen LogP) is 1.31. The molecule has 1 rings (SSSR count). The Morgan fingerprint density at radius 3 is 2.67 bits per heavy atom. The maximum atomic E-state index is 11.7. The Hall–Kier alpha value is -1.39. The number of esters is 1. The second kappa shape index (κ2) is 8.66. The van der Waals surface area contributed by atoms with E-state index in [4.69, 9.17) is 9.84 Å². The zero-order chi connectivity index (χ0) is 13.2. The average molecular weight is 251 g/mol. The van der Waals surface area contributed by atoms with Gasteiger partial charge >= 0.3 is 5.97 Å². The van der Waals surface area contributed by atoms with Gasteiger partial charge in [0.1, 0.15) is 0 Å². The number of aliphatic hydroxyl groups is 1. The van der Waals surface area contributed by atoms with Gasteiger partial charge < -0.3 is 15.2 Å². The Bertz CT molecular complexity index is 340. The summed E-state index contributed by atoms with van der Waals surface area (Å²) in [5.41, 5.74) is 0.957. The minimum absolute atomic E-state index is 0.209. The van der Waals surface area contributed by atoms with Gasteiger partial charge in [-0.15, -0.1) is 0 Å². The van der Waals surface area contributed by atoms with Gasteiger partial charge in [0.25, 0.3) is 0 Å². The highest BCUT2D eigenvalue weighted by atomic mass is 16.5. The number of ether oxygens (including phenoxy) is 1. The van der Waals surface area contributed by atoms with Crippen LogP contribution in [-0.4, -0.2) is 37.9 Å². The minimum atomic E-state index is -0.273. The number of methoxy groups -OCH3 is 1. The van der Waals surface area contributed by atoms with Gasteiger partial charge in [0.2, 0.25) is 0 Å². The van der Waals surface area contributed by atoms with Crippen molar-refractivity contribution in [2.24, 2.45) is 0 Å². The van der Waals surface area contributed by atoms with Crippen molar-refractivity contribution in [3.63, 3.8) is 0 Å². The molecule has 0 fully saturated rings. The lowest BCUT2D eigenvalue weighted by molar-refractivity contribution is -0.142. The van der Waals surface area contributed by atoms with Crippen LogP contribution in [0.1, 0.15) is 24.3 Å². The number of rotatable bonds is 8. The number of nitrogens with one attached hydrogen (secondary N) is 1. The number of hydrogen-bond donors (Lipinski definition) is 2. The van der Waals surface area contributed by atoms with E-state index in [0.717, 1.165) is 24.9 Å². The van der Waals surface area contributed by atoms with Gasteiger partial charge in [-0.05, 0) is 24.9 Å². The molecular weight excluding hydrogens is 230 g/mol. The van der Waals surface area contributed by atoms with Gasteiger partial charge in [0.05, 0.1) is 13.0 Å². The summed E-state index contributed by atoms with van der Waals surface area (Å²) >= 11 is 0. The standard InChI is InChI=1S/C14H21NO3/c1-18-14(17)13(11-15-9-5-6-10-16)12-7-3-2-4-8-12/h2-4,7-8,13,15-16H,5-6,9-11H2,1H3. The van der Waals surface area contributed by atoms with Crippen LogP contribution < -0.4 is 5.32 Å². The molecule has 1 aromatic rings. The first-order chi connectivity index (χ1) is 8.79. The molecule has 0 heterocycles. The third kappa shape index (κ3) is 4.85. The van der Waals surface area contributed by atoms with Gasteiger partial charge in [-0.3, -0.25) is 4.79 Å². The van der Waals surface area contributed by atoms with Crippen molar-refractivity contribution in [1.29, 1.82) is 0 Å². The van der Waals surface area contributed by atoms with Crippen LogP contribution in [-0.2, 0) is 9.53 Å². The summed E-state index contributed by atoms with van der Waals surface area (Å²) < 4.78 is 4.83. The van der Waals surface area contributed by atoms with Crippen LogP contribution in [0, 0.1) is 0 Å². The van der Waals surface area contributed by atoms with Gasteiger partial charge in [-0.25, -0.2) is 0 Å². The monoisotopic (exact) mass is 251 g/mol. The maximum absolute atomic E-state index is 11.7. The molecule has 0 aromatic heterocycles. The van der Waals surface area contributed by atoms with E-state index in [1.54, 1.807) is 0 Å². The Morgan fingerprint density at radius 1 is 1.33 bits per heavy atom. The highest BCUT2D eigenvalue weighted by molar-refractivity contribution is 5.78. The molecular formula is C14H21NO3. The zero-order valence-electron chi connectivity index (χ0n) is 10.8. The highest BCUT2D eigenvalue weighted by Crippen LogP contribution is 2.16. The molecule has 18 heavy (non-hydrogen) atoms. The molecule has 1 aromatic carbocycles. The van der Waals surface area contributed by atoms with Gasteiger partial charge in [0.15, 0.2) is 0 Å². The fourth-order valence-electron chi connectivity index (χ4n) is 1.77. The number of unbranched alkanes of at least 4 members (excludes halogenated alkanes) is 1. The third-order valence-electron chi connectivity index (χ3n) is 2.80. The van der Waals surface area contributed by atoms with Crippen molar-refractivity contribution in [2.75, 3.05) is 26.8 Å². The Labute approximate surface area is 108 Å². The van der Waals surface area contributed by atoms with Gasteiger partial charge in [-0.1, -0.05) is 30.3 Å². The summed E-state index contributed by atoms with van der Waals surface area (Å²) in [5, 5.41) is 11.9. The van der Waals surface area contributed by atoms with Crippen LogP contribution in [0.4, 0.5) is 0 Å². The number of hydrogen-bond acceptors (Lipinski definition) is 4. The molecule has 1 atom stereocenters. The molecule has 2 N–H and O–H groups in total. The molecule has 0 bridgehead atoms. The lowest BCUT2D eigenvalue weighted by Gasteiger charge is -2.15. The molecule has 0 aliphatic carbocycles. The van der Waals surface area contributed by atoms with E-state index in [0.29, 0.717) is 6.54 Å². The topological polar surface area (TPSA) is 58.6 Å². The largest absolute Gasteiger partial charge is 0.469 e. The van der Waals surface area contributed by atoms with Crippen LogP contribution in [0.3, 0.4) is 0 Å².